The Morgan fingerprint density at radius 1 is 1.45 bits per heavy atom. The maximum Gasteiger partial charge on any atom is 0.326 e. The van der Waals surface area contributed by atoms with Crippen LogP contribution in [0.2, 0.25) is 0 Å². The van der Waals surface area contributed by atoms with Crippen LogP contribution in [0.15, 0.2) is 0 Å². The minimum atomic E-state index is -1.20. The van der Waals surface area contributed by atoms with Gasteiger partial charge in [0.05, 0.1) is 19.3 Å². The predicted molar refractivity (Wildman–Crippen MR) is 68.2 cm³/mol. The second-order valence-electron chi connectivity index (χ2n) is 4.97. The van der Waals surface area contributed by atoms with E-state index in [1.807, 2.05) is 6.92 Å². The van der Waals surface area contributed by atoms with Gasteiger partial charge >= 0.3 is 18.0 Å². The van der Waals surface area contributed by atoms with E-state index in [9.17, 15) is 14.4 Å². The summed E-state index contributed by atoms with van der Waals surface area (Å²) >= 11 is 0. The summed E-state index contributed by atoms with van der Waals surface area (Å²) < 4.78 is 9.62. The van der Waals surface area contributed by atoms with E-state index in [2.05, 4.69) is 15.4 Å². The molecule has 0 aromatic rings. The Labute approximate surface area is 116 Å². The lowest BCUT2D eigenvalue weighted by molar-refractivity contribution is -0.142. The summed E-state index contributed by atoms with van der Waals surface area (Å²) in [5.74, 6) is -1.72. The average Bonchev–Trinajstić information content (AvgIpc) is 2.79. The molecule has 1 heterocycles. The third kappa shape index (κ3) is 5.04. The summed E-state index contributed by atoms with van der Waals surface area (Å²) in [6.45, 7) is 2.77. The van der Waals surface area contributed by atoms with Crippen molar-refractivity contribution in [2.45, 2.75) is 37.8 Å². The number of carboxylic acid groups (broad SMARTS) is 1. The van der Waals surface area contributed by atoms with Crippen LogP contribution in [0.5, 0.6) is 0 Å². The summed E-state index contributed by atoms with van der Waals surface area (Å²) in [6, 6.07) is -1.73. The molecule has 1 saturated heterocycles. The van der Waals surface area contributed by atoms with Crippen molar-refractivity contribution >= 4 is 18.0 Å². The molecule has 0 bridgehead atoms. The minimum Gasteiger partial charge on any atom is -0.480 e. The molecular weight excluding hydrogens is 268 g/mol. The monoisotopic (exact) mass is 288 g/mol. The lowest BCUT2D eigenvalue weighted by Crippen LogP contribution is -2.54. The van der Waals surface area contributed by atoms with Gasteiger partial charge in [0.25, 0.3) is 0 Å². The zero-order valence-electron chi connectivity index (χ0n) is 11.6. The summed E-state index contributed by atoms with van der Waals surface area (Å²) in [6.07, 6.45) is 0.567. The number of aliphatic carboxylic acids is 1. The van der Waals surface area contributed by atoms with Crippen molar-refractivity contribution in [1.82, 2.24) is 10.6 Å². The van der Waals surface area contributed by atoms with Gasteiger partial charge in [-0.1, -0.05) is 0 Å². The number of rotatable bonds is 6. The average molecular weight is 288 g/mol. The van der Waals surface area contributed by atoms with Gasteiger partial charge in [-0.3, -0.25) is 4.79 Å². The van der Waals surface area contributed by atoms with Crippen molar-refractivity contribution in [2.75, 3.05) is 20.3 Å². The van der Waals surface area contributed by atoms with E-state index in [4.69, 9.17) is 9.84 Å². The summed E-state index contributed by atoms with van der Waals surface area (Å²) in [4.78, 5) is 33.8. The molecule has 1 rings (SSSR count). The van der Waals surface area contributed by atoms with Crippen LogP contribution in [-0.4, -0.2) is 55.0 Å². The number of carbonyl (C=O) groups excluding carboxylic acids is 2. The molecule has 0 aromatic carbocycles. The number of hydrogen-bond acceptors (Lipinski definition) is 5. The highest BCUT2D eigenvalue weighted by molar-refractivity contribution is 5.83. The Balaban J connectivity index is 2.46. The van der Waals surface area contributed by atoms with E-state index >= 15 is 0 Å². The van der Waals surface area contributed by atoms with Crippen molar-refractivity contribution in [3.8, 4) is 0 Å². The van der Waals surface area contributed by atoms with Gasteiger partial charge in [-0.05, 0) is 19.8 Å². The van der Waals surface area contributed by atoms with E-state index in [-0.39, 0.29) is 12.8 Å². The molecule has 114 valence electrons. The van der Waals surface area contributed by atoms with E-state index < -0.39 is 29.6 Å². The molecular formula is C12H20N2O6. The van der Waals surface area contributed by atoms with E-state index in [0.29, 0.717) is 19.6 Å². The molecule has 0 saturated carbocycles. The second kappa shape index (κ2) is 7.09. The molecule has 8 nitrogen and oxygen atoms in total. The molecule has 0 aliphatic carbocycles. The van der Waals surface area contributed by atoms with E-state index in [1.54, 1.807) is 0 Å². The van der Waals surface area contributed by atoms with Crippen LogP contribution >= 0.6 is 0 Å². The standard InChI is InChI=1S/C12H20N2O6/c1-12(5-6-20-7-12)14-11(18)13-8(10(16)17)3-4-9(15)19-2/h8H,3-7H2,1-2H3,(H,16,17)(H2,13,14,18)/t8-,12?/m1/s1. The Morgan fingerprint density at radius 2 is 2.15 bits per heavy atom. The smallest absolute Gasteiger partial charge is 0.326 e. The Bertz CT molecular complexity index is 378. The summed E-state index contributed by atoms with van der Waals surface area (Å²) in [7, 11) is 1.22. The van der Waals surface area contributed by atoms with Crippen molar-refractivity contribution < 1.29 is 29.0 Å². The van der Waals surface area contributed by atoms with Crippen LogP contribution in [0.3, 0.4) is 0 Å². The molecule has 2 atom stereocenters. The molecule has 1 fully saturated rings. The normalized spacial score (nSPS) is 22.9. The van der Waals surface area contributed by atoms with E-state index in [0.717, 1.165) is 0 Å². The number of carboxylic acids is 1. The van der Waals surface area contributed by atoms with Crippen molar-refractivity contribution in [1.29, 1.82) is 0 Å². The first-order valence-corrected chi connectivity index (χ1v) is 6.32. The number of esters is 1. The van der Waals surface area contributed by atoms with Crippen molar-refractivity contribution in [2.24, 2.45) is 0 Å². The number of ether oxygens (including phenoxy) is 2. The Hall–Kier alpha value is -1.83. The predicted octanol–water partition coefficient (Wildman–Crippen LogP) is -0.129. The number of carbonyl (C=O) groups is 3. The largest absolute Gasteiger partial charge is 0.480 e. The SMILES string of the molecule is COC(=O)CC[C@@H](NC(=O)NC1(C)CCOC1)C(=O)O. The minimum absolute atomic E-state index is 0.0252. The molecule has 0 radical (unpaired) electrons. The first-order chi connectivity index (χ1) is 9.36. The van der Waals surface area contributed by atoms with Crippen LogP contribution in [0.1, 0.15) is 26.2 Å². The fourth-order valence-electron chi connectivity index (χ4n) is 1.86. The topological polar surface area (TPSA) is 114 Å². The summed E-state index contributed by atoms with van der Waals surface area (Å²) in [5.41, 5.74) is -0.491. The first-order valence-electron chi connectivity index (χ1n) is 6.32. The van der Waals surface area contributed by atoms with Crippen molar-refractivity contribution in [3.63, 3.8) is 0 Å². The maximum absolute atomic E-state index is 11.8. The highest BCUT2D eigenvalue weighted by Crippen LogP contribution is 2.17. The van der Waals surface area contributed by atoms with Gasteiger partial charge in [0.2, 0.25) is 0 Å². The van der Waals surface area contributed by atoms with Crippen LogP contribution in [0.25, 0.3) is 0 Å². The Morgan fingerprint density at radius 3 is 2.65 bits per heavy atom. The number of hydrogen-bond donors (Lipinski definition) is 3. The molecule has 0 aromatic heterocycles. The van der Waals surface area contributed by atoms with Gasteiger partial charge in [-0.25, -0.2) is 9.59 Å². The van der Waals surface area contributed by atoms with Gasteiger partial charge in [-0.15, -0.1) is 0 Å². The van der Waals surface area contributed by atoms with Crippen molar-refractivity contribution in [3.05, 3.63) is 0 Å². The highest BCUT2D eigenvalue weighted by Gasteiger charge is 2.32. The number of urea groups is 1. The van der Waals surface area contributed by atoms with Gasteiger partial charge < -0.3 is 25.2 Å². The van der Waals surface area contributed by atoms with Crippen LogP contribution in [0, 0.1) is 0 Å². The first kappa shape index (κ1) is 16.2. The van der Waals surface area contributed by atoms with Gasteiger partial charge in [0.1, 0.15) is 6.04 Å². The lowest BCUT2D eigenvalue weighted by atomic mass is 10.0. The molecule has 1 unspecified atom stereocenters. The van der Waals surface area contributed by atoms with Gasteiger partial charge in [0.15, 0.2) is 0 Å². The lowest BCUT2D eigenvalue weighted by Gasteiger charge is -2.25. The molecule has 3 N–H and O–H groups in total. The molecule has 1 aliphatic rings. The molecule has 1 aliphatic heterocycles. The quantitative estimate of drug-likeness (QED) is 0.587. The number of nitrogens with one attached hydrogen (secondary N) is 2. The van der Waals surface area contributed by atoms with Gasteiger partial charge in [0, 0.05) is 13.0 Å². The molecule has 20 heavy (non-hydrogen) atoms. The van der Waals surface area contributed by atoms with E-state index in [1.165, 1.54) is 7.11 Å². The fraction of sp³-hybridized carbons (Fsp3) is 0.750. The molecule has 0 spiro atoms. The van der Waals surface area contributed by atoms with Crippen LogP contribution in [-0.2, 0) is 19.1 Å². The zero-order valence-corrected chi connectivity index (χ0v) is 11.6. The number of amides is 2. The Kier molecular flexibility index (Phi) is 5.75. The third-order valence-electron chi connectivity index (χ3n) is 3.10. The van der Waals surface area contributed by atoms with Gasteiger partial charge in [-0.2, -0.15) is 0 Å². The molecule has 8 heteroatoms. The zero-order chi connectivity index (χ0) is 15.2. The number of methoxy groups -OCH3 is 1. The molecule has 2 amide bonds. The summed E-state index contributed by atoms with van der Waals surface area (Å²) in [5, 5.41) is 14.0. The third-order valence-corrected chi connectivity index (χ3v) is 3.10. The van der Waals surface area contributed by atoms with Crippen LogP contribution < -0.4 is 10.6 Å². The van der Waals surface area contributed by atoms with Crippen LogP contribution in [0.4, 0.5) is 4.79 Å². The second-order valence-corrected chi connectivity index (χ2v) is 4.97. The maximum atomic E-state index is 11.8. The fourth-order valence-corrected chi connectivity index (χ4v) is 1.86. The highest BCUT2D eigenvalue weighted by atomic mass is 16.5.